The first-order valence-electron chi connectivity index (χ1n) is 7.49. The first-order valence-corrected chi connectivity index (χ1v) is 7.49. The van der Waals surface area contributed by atoms with Crippen LogP contribution in [0.25, 0.3) is 0 Å². The molecule has 1 heterocycles. The fourth-order valence-corrected chi connectivity index (χ4v) is 2.58. The van der Waals surface area contributed by atoms with Gasteiger partial charge >= 0.3 is 0 Å². The zero-order chi connectivity index (χ0) is 15.2. The molecule has 0 radical (unpaired) electrons. The second-order valence-electron chi connectivity index (χ2n) is 5.61. The standard InChI is InChI=1S/C16H25N3O2.ClH/c1-12-4-3-5-14(10-12)15(11-18-16(20)13(2)17)19-6-8-21-9-7-19;/h3-5,10,13,15H,6-9,11,17H2,1-2H3,(H,18,20);1H. The number of benzene rings is 1. The van der Waals surface area contributed by atoms with Crippen LogP contribution in [0.3, 0.4) is 0 Å². The van der Waals surface area contributed by atoms with Gasteiger partial charge in [0.1, 0.15) is 0 Å². The summed E-state index contributed by atoms with van der Waals surface area (Å²) in [5.74, 6) is -0.110. The Balaban J connectivity index is 0.00000242. The number of amides is 1. The summed E-state index contributed by atoms with van der Waals surface area (Å²) in [5, 5.41) is 2.95. The van der Waals surface area contributed by atoms with Crippen LogP contribution in [0, 0.1) is 6.92 Å². The molecule has 1 saturated heterocycles. The van der Waals surface area contributed by atoms with Crippen molar-refractivity contribution in [3.63, 3.8) is 0 Å². The molecule has 2 unspecified atom stereocenters. The molecule has 2 atom stereocenters. The van der Waals surface area contributed by atoms with Crippen LogP contribution in [0.5, 0.6) is 0 Å². The number of rotatable bonds is 5. The molecule has 124 valence electrons. The van der Waals surface area contributed by atoms with Gasteiger partial charge in [-0.3, -0.25) is 9.69 Å². The Labute approximate surface area is 138 Å². The van der Waals surface area contributed by atoms with Crippen molar-refractivity contribution in [2.75, 3.05) is 32.8 Å². The Morgan fingerprint density at radius 2 is 2.09 bits per heavy atom. The summed E-state index contributed by atoms with van der Waals surface area (Å²) < 4.78 is 5.42. The van der Waals surface area contributed by atoms with E-state index in [4.69, 9.17) is 10.5 Å². The monoisotopic (exact) mass is 327 g/mol. The van der Waals surface area contributed by atoms with E-state index in [0.717, 1.165) is 26.3 Å². The lowest BCUT2D eigenvalue weighted by Crippen LogP contribution is -2.46. The summed E-state index contributed by atoms with van der Waals surface area (Å²) in [6, 6.07) is 8.12. The van der Waals surface area contributed by atoms with Crippen molar-refractivity contribution >= 4 is 18.3 Å². The lowest BCUT2D eigenvalue weighted by molar-refractivity contribution is -0.122. The van der Waals surface area contributed by atoms with Crippen molar-refractivity contribution in [3.05, 3.63) is 35.4 Å². The summed E-state index contributed by atoms with van der Waals surface area (Å²) in [6.45, 7) is 7.60. The Morgan fingerprint density at radius 3 is 2.68 bits per heavy atom. The Hall–Kier alpha value is -1.14. The molecule has 0 saturated carbocycles. The second-order valence-corrected chi connectivity index (χ2v) is 5.61. The maximum Gasteiger partial charge on any atom is 0.236 e. The third kappa shape index (κ3) is 5.25. The lowest BCUT2D eigenvalue weighted by Gasteiger charge is -2.35. The fourth-order valence-electron chi connectivity index (χ4n) is 2.58. The Morgan fingerprint density at radius 1 is 1.41 bits per heavy atom. The predicted octanol–water partition coefficient (Wildman–Crippen LogP) is 1.25. The largest absolute Gasteiger partial charge is 0.379 e. The number of halogens is 1. The van der Waals surface area contributed by atoms with Crippen LogP contribution in [0.15, 0.2) is 24.3 Å². The molecule has 0 spiro atoms. The van der Waals surface area contributed by atoms with Gasteiger partial charge in [0.05, 0.1) is 25.3 Å². The first kappa shape index (κ1) is 18.9. The van der Waals surface area contributed by atoms with E-state index in [0.29, 0.717) is 6.54 Å². The highest BCUT2D eigenvalue weighted by molar-refractivity contribution is 5.85. The number of morpholine rings is 1. The van der Waals surface area contributed by atoms with Gasteiger partial charge in [-0.25, -0.2) is 0 Å². The minimum atomic E-state index is -0.479. The summed E-state index contributed by atoms with van der Waals surface area (Å²) in [5.41, 5.74) is 8.07. The van der Waals surface area contributed by atoms with Gasteiger partial charge in [0, 0.05) is 19.6 Å². The van der Waals surface area contributed by atoms with Crippen LogP contribution in [-0.4, -0.2) is 49.7 Å². The minimum Gasteiger partial charge on any atom is -0.379 e. The van der Waals surface area contributed by atoms with Gasteiger partial charge in [-0.1, -0.05) is 29.8 Å². The number of hydrogen-bond donors (Lipinski definition) is 2. The topological polar surface area (TPSA) is 67.6 Å². The maximum atomic E-state index is 11.7. The molecule has 1 fully saturated rings. The van der Waals surface area contributed by atoms with Crippen LogP contribution in [0.2, 0.25) is 0 Å². The van der Waals surface area contributed by atoms with E-state index in [1.807, 2.05) is 0 Å². The molecule has 1 aliphatic heterocycles. The number of nitrogens with zero attached hydrogens (tertiary/aromatic N) is 1. The van der Waals surface area contributed by atoms with E-state index >= 15 is 0 Å². The van der Waals surface area contributed by atoms with Crippen molar-refractivity contribution < 1.29 is 9.53 Å². The maximum absolute atomic E-state index is 11.7. The molecule has 2 rings (SSSR count). The minimum absolute atomic E-state index is 0. The Bertz CT molecular complexity index is 476. The summed E-state index contributed by atoms with van der Waals surface area (Å²) in [6.07, 6.45) is 0. The third-order valence-corrected chi connectivity index (χ3v) is 3.80. The van der Waals surface area contributed by atoms with E-state index in [-0.39, 0.29) is 24.4 Å². The molecule has 1 aliphatic rings. The Kier molecular flexibility index (Phi) is 7.82. The van der Waals surface area contributed by atoms with E-state index in [1.54, 1.807) is 6.92 Å². The zero-order valence-corrected chi connectivity index (χ0v) is 14.1. The van der Waals surface area contributed by atoms with Gasteiger partial charge in [-0.05, 0) is 19.4 Å². The van der Waals surface area contributed by atoms with Crippen molar-refractivity contribution in [1.29, 1.82) is 0 Å². The smallest absolute Gasteiger partial charge is 0.236 e. The molecular formula is C16H26ClN3O2. The average Bonchev–Trinajstić information content (AvgIpc) is 2.48. The normalized spacial score (nSPS) is 18.1. The van der Waals surface area contributed by atoms with Gasteiger partial charge < -0.3 is 15.8 Å². The van der Waals surface area contributed by atoms with Crippen molar-refractivity contribution in [1.82, 2.24) is 10.2 Å². The number of ether oxygens (including phenoxy) is 1. The van der Waals surface area contributed by atoms with E-state index < -0.39 is 6.04 Å². The number of carbonyl (C=O) groups excluding carboxylic acids is 1. The second kappa shape index (κ2) is 9.10. The van der Waals surface area contributed by atoms with Gasteiger partial charge in [0.2, 0.25) is 5.91 Å². The first-order chi connectivity index (χ1) is 10.1. The van der Waals surface area contributed by atoms with Gasteiger partial charge in [-0.2, -0.15) is 0 Å². The van der Waals surface area contributed by atoms with Gasteiger partial charge in [0.15, 0.2) is 0 Å². The van der Waals surface area contributed by atoms with Crippen LogP contribution in [-0.2, 0) is 9.53 Å². The van der Waals surface area contributed by atoms with E-state index in [1.165, 1.54) is 11.1 Å². The SMILES string of the molecule is Cc1cccc(C(CNC(=O)C(C)N)N2CCOCC2)c1.Cl. The molecule has 22 heavy (non-hydrogen) atoms. The quantitative estimate of drug-likeness (QED) is 0.854. The number of aryl methyl sites for hydroxylation is 1. The molecule has 3 N–H and O–H groups in total. The molecule has 0 bridgehead atoms. The van der Waals surface area contributed by atoms with Crippen LogP contribution in [0.4, 0.5) is 0 Å². The average molecular weight is 328 g/mol. The summed E-state index contributed by atoms with van der Waals surface area (Å²) >= 11 is 0. The number of nitrogens with two attached hydrogens (primary N) is 1. The fraction of sp³-hybridized carbons (Fsp3) is 0.562. The molecule has 1 aromatic carbocycles. The van der Waals surface area contributed by atoms with Gasteiger partial charge in [0.25, 0.3) is 0 Å². The highest BCUT2D eigenvalue weighted by Crippen LogP contribution is 2.22. The van der Waals surface area contributed by atoms with Crippen LogP contribution in [0.1, 0.15) is 24.1 Å². The summed E-state index contributed by atoms with van der Waals surface area (Å²) in [4.78, 5) is 14.1. The molecule has 0 aromatic heterocycles. The van der Waals surface area contributed by atoms with Crippen molar-refractivity contribution in [2.24, 2.45) is 5.73 Å². The number of hydrogen-bond acceptors (Lipinski definition) is 4. The van der Waals surface area contributed by atoms with E-state index in [9.17, 15) is 4.79 Å². The van der Waals surface area contributed by atoms with Crippen molar-refractivity contribution in [3.8, 4) is 0 Å². The van der Waals surface area contributed by atoms with Crippen LogP contribution >= 0.6 is 12.4 Å². The molecule has 0 aliphatic carbocycles. The molecule has 1 aromatic rings. The number of nitrogens with one attached hydrogen (secondary N) is 1. The van der Waals surface area contributed by atoms with Crippen LogP contribution < -0.4 is 11.1 Å². The lowest BCUT2D eigenvalue weighted by atomic mass is 10.0. The zero-order valence-electron chi connectivity index (χ0n) is 13.2. The molecule has 1 amide bonds. The number of carbonyl (C=O) groups is 1. The van der Waals surface area contributed by atoms with Gasteiger partial charge in [-0.15, -0.1) is 12.4 Å². The summed E-state index contributed by atoms with van der Waals surface area (Å²) in [7, 11) is 0. The van der Waals surface area contributed by atoms with Crippen molar-refractivity contribution in [2.45, 2.75) is 25.9 Å². The van der Waals surface area contributed by atoms with E-state index in [2.05, 4.69) is 41.4 Å². The molecule has 6 heteroatoms. The highest BCUT2D eigenvalue weighted by Gasteiger charge is 2.23. The highest BCUT2D eigenvalue weighted by atomic mass is 35.5. The molecule has 5 nitrogen and oxygen atoms in total. The third-order valence-electron chi connectivity index (χ3n) is 3.80. The molecular weight excluding hydrogens is 302 g/mol. The predicted molar refractivity (Wildman–Crippen MR) is 90.2 cm³/mol.